The summed E-state index contributed by atoms with van der Waals surface area (Å²) >= 11 is 0. The van der Waals surface area contributed by atoms with E-state index in [4.69, 9.17) is 5.11 Å². The number of carboxylic acid groups (broad SMARTS) is 1. The summed E-state index contributed by atoms with van der Waals surface area (Å²) in [5, 5.41) is 12.3. The summed E-state index contributed by atoms with van der Waals surface area (Å²) in [7, 11) is 0. The molecule has 108 valence electrons. The molecule has 0 fully saturated rings. The quantitative estimate of drug-likeness (QED) is 0.907. The molecule has 1 aliphatic rings. The van der Waals surface area contributed by atoms with Crippen molar-refractivity contribution in [1.82, 2.24) is 0 Å². The maximum atomic E-state index is 13.7. The number of carbonyl (C=O) groups is 1. The van der Waals surface area contributed by atoms with Gasteiger partial charge in [0.15, 0.2) is 0 Å². The zero-order chi connectivity index (χ0) is 14.8. The van der Waals surface area contributed by atoms with Gasteiger partial charge in [-0.25, -0.2) is 9.18 Å². The molecule has 2 aromatic rings. The molecule has 0 saturated heterocycles. The molecule has 0 aliphatic heterocycles. The van der Waals surface area contributed by atoms with E-state index in [1.54, 1.807) is 6.07 Å². The highest BCUT2D eigenvalue weighted by Crippen LogP contribution is 2.26. The van der Waals surface area contributed by atoms with Crippen molar-refractivity contribution in [2.75, 3.05) is 5.32 Å². The summed E-state index contributed by atoms with van der Waals surface area (Å²) in [5.74, 6) is -1.95. The van der Waals surface area contributed by atoms with E-state index in [1.807, 2.05) is 12.1 Å². The third-order valence-corrected chi connectivity index (χ3v) is 3.93. The predicted octanol–water partition coefficient (Wildman–Crippen LogP) is 3.49. The molecule has 4 heteroatoms. The minimum Gasteiger partial charge on any atom is -0.478 e. The van der Waals surface area contributed by atoms with Gasteiger partial charge in [-0.3, -0.25) is 0 Å². The zero-order valence-electron chi connectivity index (χ0n) is 11.5. The molecule has 0 amide bonds. The number of hydrogen-bond donors (Lipinski definition) is 2. The predicted molar refractivity (Wildman–Crippen MR) is 79.2 cm³/mol. The van der Waals surface area contributed by atoms with Gasteiger partial charge in [0.25, 0.3) is 0 Å². The van der Waals surface area contributed by atoms with Gasteiger partial charge in [-0.2, -0.15) is 0 Å². The van der Waals surface area contributed by atoms with Gasteiger partial charge in [0.2, 0.25) is 0 Å². The number of carboxylic acids is 1. The van der Waals surface area contributed by atoms with Crippen LogP contribution in [0, 0.1) is 5.82 Å². The third kappa shape index (κ3) is 2.75. The Balaban J connectivity index is 1.83. The number of aromatic carboxylic acids is 1. The van der Waals surface area contributed by atoms with E-state index < -0.39 is 11.8 Å². The van der Waals surface area contributed by atoms with Gasteiger partial charge in [-0.15, -0.1) is 0 Å². The molecule has 1 aliphatic carbocycles. The summed E-state index contributed by atoms with van der Waals surface area (Å²) < 4.78 is 13.7. The van der Waals surface area contributed by atoms with Crippen LogP contribution >= 0.6 is 0 Å². The van der Waals surface area contributed by atoms with Crippen LogP contribution in [0.4, 0.5) is 10.1 Å². The average Bonchev–Trinajstić information content (AvgIpc) is 2.47. The van der Waals surface area contributed by atoms with E-state index in [9.17, 15) is 9.18 Å². The summed E-state index contributed by atoms with van der Waals surface area (Å²) in [6.45, 7) is 0. The number of halogens is 1. The molecule has 3 rings (SSSR count). The molecule has 0 bridgehead atoms. The molecule has 3 nitrogen and oxygen atoms in total. The second-order valence-corrected chi connectivity index (χ2v) is 5.32. The number of aryl methyl sites for hydroxylation is 1. The smallest absolute Gasteiger partial charge is 0.340 e. The fourth-order valence-electron chi connectivity index (χ4n) is 2.90. The van der Waals surface area contributed by atoms with Crippen LogP contribution in [0.15, 0.2) is 42.5 Å². The first-order chi connectivity index (χ1) is 10.1. The van der Waals surface area contributed by atoms with Crippen LogP contribution in [0.25, 0.3) is 0 Å². The highest BCUT2D eigenvalue weighted by atomic mass is 19.1. The van der Waals surface area contributed by atoms with Crippen LogP contribution in [-0.2, 0) is 12.8 Å². The highest BCUT2D eigenvalue weighted by Gasteiger charge is 2.21. The molecular weight excluding hydrogens is 269 g/mol. The normalized spacial score (nSPS) is 17.1. The monoisotopic (exact) mass is 285 g/mol. The summed E-state index contributed by atoms with van der Waals surface area (Å²) in [5.41, 5.74) is 2.69. The lowest BCUT2D eigenvalue weighted by molar-refractivity contribution is 0.0693. The van der Waals surface area contributed by atoms with Gasteiger partial charge in [-0.1, -0.05) is 30.3 Å². The van der Waals surface area contributed by atoms with E-state index in [0.717, 1.165) is 19.3 Å². The Morgan fingerprint density at radius 2 is 1.90 bits per heavy atom. The lowest BCUT2D eigenvalue weighted by Crippen LogP contribution is -2.28. The Morgan fingerprint density at radius 3 is 2.67 bits per heavy atom. The molecule has 1 unspecified atom stereocenters. The Kier molecular flexibility index (Phi) is 3.60. The molecule has 0 saturated carbocycles. The van der Waals surface area contributed by atoms with Crippen LogP contribution in [0.1, 0.15) is 27.9 Å². The molecule has 2 aromatic carbocycles. The fourth-order valence-corrected chi connectivity index (χ4v) is 2.90. The van der Waals surface area contributed by atoms with Gasteiger partial charge in [0, 0.05) is 6.04 Å². The maximum Gasteiger partial charge on any atom is 0.340 e. The van der Waals surface area contributed by atoms with E-state index in [1.165, 1.54) is 23.3 Å². The molecule has 0 spiro atoms. The van der Waals surface area contributed by atoms with Crippen molar-refractivity contribution in [2.45, 2.75) is 25.3 Å². The SMILES string of the molecule is O=C(O)c1c(F)cccc1NC1CCc2ccccc2C1. The van der Waals surface area contributed by atoms with Crippen molar-refractivity contribution in [3.05, 3.63) is 65.0 Å². The van der Waals surface area contributed by atoms with Crippen LogP contribution in [0.5, 0.6) is 0 Å². The van der Waals surface area contributed by atoms with E-state index >= 15 is 0 Å². The van der Waals surface area contributed by atoms with Gasteiger partial charge in [-0.05, 0) is 42.5 Å². The van der Waals surface area contributed by atoms with Crippen LogP contribution < -0.4 is 5.32 Å². The first-order valence-electron chi connectivity index (χ1n) is 7.00. The van der Waals surface area contributed by atoms with Crippen molar-refractivity contribution in [1.29, 1.82) is 0 Å². The third-order valence-electron chi connectivity index (χ3n) is 3.93. The van der Waals surface area contributed by atoms with Crippen LogP contribution in [0.2, 0.25) is 0 Å². The van der Waals surface area contributed by atoms with Crippen LogP contribution in [0.3, 0.4) is 0 Å². The topological polar surface area (TPSA) is 49.3 Å². The standard InChI is InChI=1S/C17H16FNO2/c18-14-6-3-7-15(16(14)17(20)21)19-13-9-8-11-4-1-2-5-12(11)10-13/h1-7,13,19H,8-10H2,(H,20,21). The second kappa shape index (κ2) is 5.56. The number of hydrogen-bond acceptors (Lipinski definition) is 2. The molecule has 0 radical (unpaired) electrons. The summed E-state index contributed by atoms with van der Waals surface area (Å²) in [6.07, 6.45) is 2.68. The molecule has 21 heavy (non-hydrogen) atoms. The Bertz CT molecular complexity index is 684. The Morgan fingerprint density at radius 1 is 1.14 bits per heavy atom. The number of benzene rings is 2. The van der Waals surface area contributed by atoms with Gasteiger partial charge in [0.05, 0.1) is 5.69 Å². The number of anilines is 1. The zero-order valence-corrected chi connectivity index (χ0v) is 11.5. The molecule has 0 heterocycles. The number of fused-ring (bicyclic) bond motifs is 1. The minimum atomic E-state index is -1.24. The minimum absolute atomic E-state index is 0.125. The number of nitrogens with one attached hydrogen (secondary N) is 1. The summed E-state index contributed by atoms with van der Waals surface area (Å²) in [4.78, 5) is 11.2. The van der Waals surface area contributed by atoms with Crippen molar-refractivity contribution in [3.63, 3.8) is 0 Å². The van der Waals surface area contributed by atoms with Crippen molar-refractivity contribution in [2.24, 2.45) is 0 Å². The average molecular weight is 285 g/mol. The second-order valence-electron chi connectivity index (χ2n) is 5.32. The van der Waals surface area contributed by atoms with E-state index in [-0.39, 0.29) is 11.6 Å². The maximum absolute atomic E-state index is 13.7. The summed E-state index contributed by atoms with van der Waals surface area (Å²) in [6, 6.07) is 12.7. The van der Waals surface area contributed by atoms with Crippen molar-refractivity contribution in [3.8, 4) is 0 Å². The molecule has 0 aromatic heterocycles. The largest absolute Gasteiger partial charge is 0.478 e. The first-order valence-corrected chi connectivity index (χ1v) is 7.00. The molecule has 2 N–H and O–H groups in total. The molecular formula is C17H16FNO2. The lowest BCUT2D eigenvalue weighted by Gasteiger charge is -2.27. The number of rotatable bonds is 3. The van der Waals surface area contributed by atoms with Gasteiger partial charge in [0.1, 0.15) is 11.4 Å². The first kappa shape index (κ1) is 13.6. The Labute approximate surface area is 122 Å². The lowest BCUT2D eigenvalue weighted by atomic mass is 9.88. The van der Waals surface area contributed by atoms with E-state index in [0.29, 0.717) is 5.69 Å². The molecule has 1 atom stereocenters. The highest BCUT2D eigenvalue weighted by molar-refractivity contribution is 5.94. The Hall–Kier alpha value is -2.36. The fraction of sp³-hybridized carbons (Fsp3) is 0.235. The van der Waals surface area contributed by atoms with Gasteiger partial charge >= 0.3 is 5.97 Å². The van der Waals surface area contributed by atoms with E-state index in [2.05, 4.69) is 17.4 Å². The van der Waals surface area contributed by atoms with Crippen molar-refractivity contribution >= 4 is 11.7 Å². The van der Waals surface area contributed by atoms with Crippen LogP contribution in [-0.4, -0.2) is 17.1 Å². The van der Waals surface area contributed by atoms with Gasteiger partial charge < -0.3 is 10.4 Å². The van der Waals surface area contributed by atoms with Crippen molar-refractivity contribution < 1.29 is 14.3 Å².